The molecule has 4 aromatic carbocycles. The molecule has 4 aromatic rings. The van der Waals surface area contributed by atoms with Gasteiger partial charge in [-0.25, -0.2) is 26.4 Å². The van der Waals surface area contributed by atoms with Crippen LogP contribution in [-0.4, -0.2) is 69.3 Å². The van der Waals surface area contributed by atoms with Crippen LogP contribution in [0.4, 0.5) is 11.4 Å². The highest BCUT2D eigenvalue weighted by molar-refractivity contribution is 7.86. The number of quaternary nitrogens is 2. The predicted molar refractivity (Wildman–Crippen MR) is 150 cm³/mol. The van der Waals surface area contributed by atoms with Gasteiger partial charge in [-0.2, -0.15) is 0 Å². The lowest BCUT2D eigenvalue weighted by molar-refractivity contribution is -0.255. The van der Waals surface area contributed by atoms with Crippen molar-refractivity contribution in [3.63, 3.8) is 0 Å². The molecule has 0 aromatic heterocycles. The average molecular weight is 657 g/mol. The monoisotopic (exact) mass is 656 g/mol. The Morgan fingerprint density at radius 3 is 1.05 bits per heavy atom. The molecule has 0 saturated heterocycles. The number of benzene rings is 4. The van der Waals surface area contributed by atoms with Gasteiger partial charge in [0, 0.05) is 0 Å². The van der Waals surface area contributed by atoms with Crippen LogP contribution in [0.5, 0.6) is 11.5 Å². The molecule has 0 aliphatic rings. The molecule has 44 heavy (non-hydrogen) atoms. The summed E-state index contributed by atoms with van der Waals surface area (Å²) in [6.45, 7) is 0. The van der Waals surface area contributed by atoms with Gasteiger partial charge in [0.05, 0.1) is 9.79 Å². The second kappa shape index (κ2) is 16.1. The molecule has 0 aliphatic heterocycles. The molecule has 0 atom stereocenters. The number of carbonyl (C=O) groups is 2. The third-order valence-electron chi connectivity index (χ3n) is 5.22. The van der Waals surface area contributed by atoms with Crippen LogP contribution < -0.4 is 11.5 Å². The maximum absolute atomic E-state index is 10.5. The molecule has 0 heterocycles. The van der Waals surface area contributed by atoms with Crippen molar-refractivity contribution < 1.29 is 78.4 Å². The topological polar surface area (TPSA) is 348 Å². The zero-order valence-corrected chi connectivity index (χ0v) is 24.0. The van der Waals surface area contributed by atoms with Gasteiger partial charge < -0.3 is 52.0 Å². The van der Waals surface area contributed by atoms with Gasteiger partial charge in [0.1, 0.15) is 54.2 Å². The van der Waals surface area contributed by atoms with E-state index in [1.54, 1.807) is 0 Å². The van der Waals surface area contributed by atoms with Crippen LogP contribution in [0.15, 0.2) is 94.7 Å². The molecule has 0 bridgehead atoms. The van der Waals surface area contributed by atoms with Crippen molar-refractivity contribution in [1.82, 2.24) is 0 Å². The van der Waals surface area contributed by atoms with Gasteiger partial charge in [-0.15, -0.1) is 0 Å². The lowest BCUT2D eigenvalue weighted by Crippen LogP contribution is -2.40. The Morgan fingerprint density at radius 1 is 0.545 bits per heavy atom. The maximum atomic E-state index is 10.5. The molecule has 18 heteroatoms. The molecule has 0 fully saturated rings. The predicted octanol–water partition coefficient (Wildman–Crippen LogP) is -0.560. The fraction of sp³-hybridized carbons (Fsp3) is 0. The van der Waals surface area contributed by atoms with E-state index in [-0.39, 0.29) is 11.0 Å². The van der Waals surface area contributed by atoms with Crippen molar-refractivity contribution in [3.8, 4) is 22.6 Å². The first-order valence-corrected chi connectivity index (χ1v) is 14.1. The first-order valence-electron chi connectivity index (χ1n) is 11.3. The number of aromatic carboxylic acids is 2. The van der Waals surface area contributed by atoms with Crippen molar-refractivity contribution in [1.29, 1.82) is 0 Å². The van der Waals surface area contributed by atoms with Gasteiger partial charge in [0.2, 0.25) is 0 Å². The van der Waals surface area contributed by atoms with Crippen molar-refractivity contribution in [2.45, 2.75) is 9.79 Å². The molecule has 0 radical (unpaired) electrons. The Kier molecular flexibility index (Phi) is 14.3. The molecule has 238 valence electrons. The fourth-order valence-electron chi connectivity index (χ4n) is 3.08. The summed E-state index contributed by atoms with van der Waals surface area (Å²) in [5.74, 6) is -4.20. The quantitative estimate of drug-likeness (QED) is 0.147. The first kappa shape index (κ1) is 39.1. The van der Waals surface area contributed by atoms with E-state index in [9.17, 15) is 35.5 Å². The van der Waals surface area contributed by atoms with Crippen LogP contribution in [0.2, 0.25) is 0 Å². The molecule has 14 N–H and O–H groups in total. The molecule has 16 nitrogen and oxygen atoms in total. The van der Waals surface area contributed by atoms with E-state index in [0.717, 1.165) is 35.6 Å². The Morgan fingerprint density at radius 2 is 0.818 bits per heavy atom. The minimum absolute atomic E-state index is 0. The van der Waals surface area contributed by atoms with Crippen LogP contribution >= 0.6 is 0 Å². The van der Waals surface area contributed by atoms with E-state index >= 15 is 0 Å². The summed E-state index contributed by atoms with van der Waals surface area (Å²) in [6.07, 6.45) is 0. The maximum Gasteiger partial charge on any atom is 0.339 e. The highest BCUT2D eigenvalue weighted by atomic mass is 32.2. The molecule has 0 saturated carbocycles. The summed E-state index contributed by atoms with van der Waals surface area (Å²) in [5, 5.41) is 35.0. The number of hydrogen-bond donors (Lipinski definition) is 6. The zero-order valence-electron chi connectivity index (χ0n) is 22.4. The van der Waals surface area contributed by atoms with Crippen molar-refractivity contribution in [3.05, 3.63) is 96.1 Å². The summed E-state index contributed by atoms with van der Waals surface area (Å²) >= 11 is 0. The normalized spacial score (nSPS) is 10.4. The molecule has 4 rings (SSSR count). The lowest BCUT2D eigenvalue weighted by atomic mass is 10.1. The molecule has 0 aliphatic carbocycles. The Hall–Kier alpha value is -4.92. The van der Waals surface area contributed by atoms with Gasteiger partial charge in [-0.3, -0.25) is 0 Å². The summed E-state index contributed by atoms with van der Waals surface area (Å²) in [6, 6.07) is 21.0. The van der Waals surface area contributed by atoms with Crippen LogP contribution in [0, 0.1) is 0 Å². The van der Waals surface area contributed by atoms with E-state index < -0.39 is 64.6 Å². The van der Waals surface area contributed by atoms with Crippen molar-refractivity contribution >= 4 is 43.5 Å². The van der Waals surface area contributed by atoms with Gasteiger partial charge in [-0.1, -0.05) is 0 Å². The van der Waals surface area contributed by atoms with Crippen molar-refractivity contribution in [2.75, 3.05) is 0 Å². The Balaban J connectivity index is 0.000000616. The molecular weight excluding hydrogens is 628 g/mol. The SMILES string of the molecule is O.O.O=C(O)c1cc(S(=O)(=O)[O-])ccc1O.O=C(O)c1cc(S(=O)(=O)[O-])ccc1O.[NH3+]c1ccc(-c2ccc([NH3+])cc2)cc1. The van der Waals surface area contributed by atoms with E-state index in [1.165, 1.54) is 11.1 Å². The third-order valence-corrected chi connectivity index (χ3v) is 6.88. The second-order valence-electron chi connectivity index (χ2n) is 8.27. The highest BCUT2D eigenvalue weighted by Gasteiger charge is 2.13. The summed E-state index contributed by atoms with van der Waals surface area (Å²) in [7, 11) is -9.40. The van der Waals surface area contributed by atoms with E-state index in [0.29, 0.717) is 12.1 Å². The van der Waals surface area contributed by atoms with E-state index in [4.69, 9.17) is 20.4 Å². The van der Waals surface area contributed by atoms with Crippen LogP contribution in [0.3, 0.4) is 0 Å². The number of carboxylic acids is 2. The number of rotatable bonds is 5. The zero-order chi connectivity index (χ0) is 31.8. The van der Waals surface area contributed by atoms with E-state index in [1.807, 2.05) is 24.3 Å². The lowest BCUT2D eigenvalue weighted by Gasteiger charge is -2.08. The smallest absolute Gasteiger partial charge is 0.339 e. The van der Waals surface area contributed by atoms with Gasteiger partial charge in [0.25, 0.3) is 0 Å². The average Bonchev–Trinajstić information content (AvgIpc) is 2.89. The van der Waals surface area contributed by atoms with Gasteiger partial charge >= 0.3 is 11.9 Å². The highest BCUT2D eigenvalue weighted by Crippen LogP contribution is 2.22. The fourth-order valence-corrected chi connectivity index (χ4v) is 4.07. The number of hydrogen-bond acceptors (Lipinski definition) is 10. The number of phenols is 2. The standard InChI is InChI=1S/C12H12N2.2C7H6O6S.2H2O/c13-11-5-1-9(2-6-11)10-3-7-12(14)8-4-10;2*8-6-2-1-4(14(11,12)13)3-5(6)7(9)10;;/h1-8H,13-14H2;2*1-3,8H,(H,9,10)(H,11,12,13);2*1H2. The Labute approximate surface area is 250 Å². The largest absolute Gasteiger partial charge is 0.744 e. The minimum Gasteiger partial charge on any atom is -0.744 e. The van der Waals surface area contributed by atoms with Gasteiger partial charge in [0.15, 0.2) is 0 Å². The third kappa shape index (κ3) is 11.4. The molecule has 0 unspecified atom stereocenters. The Bertz CT molecular complexity index is 1670. The second-order valence-corrected chi connectivity index (χ2v) is 11.0. The van der Waals surface area contributed by atoms with Gasteiger partial charge in [-0.05, 0) is 96.1 Å². The van der Waals surface area contributed by atoms with Crippen LogP contribution in [0.1, 0.15) is 20.7 Å². The van der Waals surface area contributed by atoms with E-state index in [2.05, 4.69) is 35.7 Å². The van der Waals surface area contributed by atoms with Crippen LogP contribution in [-0.2, 0) is 20.2 Å². The number of aromatic hydroxyl groups is 2. The minimum atomic E-state index is -4.70. The molecule has 0 amide bonds. The van der Waals surface area contributed by atoms with Crippen molar-refractivity contribution in [2.24, 2.45) is 0 Å². The summed E-state index contributed by atoms with van der Waals surface area (Å²) in [5.41, 5.74) is 11.0. The molecule has 0 spiro atoms. The summed E-state index contributed by atoms with van der Waals surface area (Å²) in [4.78, 5) is 19.5. The summed E-state index contributed by atoms with van der Waals surface area (Å²) < 4.78 is 62.9. The molecular formula is C26H28N2O14S2. The first-order chi connectivity index (χ1) is 19.4. The number of carboxylic acid groups (broad SMARTS) is 2. The van der Waals surface area contributed by atoms with Crippen LogP contribution in [0.25, 0.3) is 11.1 Å².